The summed E-state index contributed by atoms with van der Waals surface area (Å²) in [7, 11) is 4.51. The molecule has 3 rings (SSSR count). The summed E-state index contributed by atoms with van der Waals surface area (Å²) >= 11 is 0. The number of carbonyl (C=O) groups is 1. The zero-order valence-corrected chi connectivity index (χ0v) is 11.9. The van der Waals surface area contributed by atoms with E-state index in [9.17, 15) is 4.79 Å². The maximum atomic E-state index is 12.1. The van der Waals surface area contributed by atoms with Gasteiger partial charge >= 0.3 is 5.97 Å². The van der Waals surface area contributed by atoms with E-state index in [-0.39, 0.29) is 6.61 Å². The lowest BCUT2D eigenvalue weighted by Crippen LogP contribution is -2.04. The van der Waals surface area contributed by atoms with Crippen LogP contribution >= 0.6 is 0 Å². The molecule has 0 fully saturated rings. The summed E-state index contributed by atoms with van der Waals surface area (Å²) in [5, 5.41) is 0. The number of methoxy groups -OCH3 is 3. The number of cyclic esters (lactones) is 1. The Morgan fingerprint density at radius 2 is 1.71 bits per heavy atom. The van der Waals surface area contributed by atoms with Crippen molar-refractivity contribution in [2.75, 3.05) is 21.3 Å². The topological polar surface area (TPSA) is 67.1 Å². The maximum Gasteiger partial charge on any atom is 0.339 e. The molecule has 1 aliphatic heterocycles. The average Bonchev–Trinajstić information content (AvgIpc) is 3.15. The van der Waals surface area contributed by atoms with E-state index in [1.165, 1.54) is 27.6 Å². The van der Waals surface area contributed by atoms with Crippen LogP contribution in [0, 0.1) is 0 Å². The number of rotatable bonds is 4. The fraction of sp³-hybridized carbons (Fsp3) is 0.267. The second-order valence-corrected chi connectivity index (χ2v) is 4.38. The first kappa shape index (κ1) is 13.4. The molecule has 0 unspecified atom stereocenters. The van der Waals surface area contributed by atoms with Gasteiger partial charge in [0.25, 0.3) is 0 Å². The molecule has 0 aliphatic carbocycles. The first-order valence-electron chi connectivity index (χ1n) is 6.28. The number of esters is 1. The molecule has 1 aliphatic rings. The van der Waals surface area contributed by atoms with Gasteiger partial charge in [-0.25, -0.2) is 4.79 Å². The third kappa shape index (κ3) is 1.83. The molecule has 0 bridgehead atoms. The summed E-state index contributed by atoms with van der Waals surface area (Å²) in [5.74, 6) is 1.29. The molecule has 0 saturated heterocycles. The van der Waals surface area contributed by atoms with Crippen molar-refractivity contribution in [1.29, 1.82) is 0 Å². The van der Waals surface area contributed by atoms with Crippen molar-refractivity contribution in [2.45, 2.75) is 6.61 Å². The molecule has 1 aromatic heterocycles. The summed E-state index contributed by atoms with van der Waals surface area (Å²) in [6, 6.07) is 3.48. The van der Waals surface area contributed by atoms with E-state index in [0.29, 0.717) is 39.7 Å². The molecule has 110 valence electrons. The predicted octanol–water partition coefficient (Wildman–Crippen LogP) is 2.64. The van der Waals surface area contributed by atoms with Crippen LogP contribution in [0.3, 0.4) is 0 Å². The van der Waals surface area contributed by atoms with Gasteiger partial charge in [0, 0.05) is 0 Å². The molecule has 6 nitrogen and oxygen atoms in total. The van der Waals surface area contributed by atoms with E-state index in [0.717, 1.165) is 0 Å². The van der Waals surface area contributed by atoms with Crippen molar-refractivity contribution in [3.63, 3.8) is 0 Å². The minimum Gasteiger partial charge on any atom is -0.492 e. The second kappa shape index (κ2) is 5.05. The Morgan fingerprint density at radius 3 is 2.29 bits per heavy atom. The van der Waals surface area contributed by atoms with Crippen LogP contribution in [0.5, 0.6) is 17.2 Å². The van der Waals surface area contributed by atoms with Gasteiger partial charge in [0.1, 0.15) is 12.4 Å². The summed E-state index contributed by atoms with van der Waals surface area (Å²) in [5.41, 5.74) is 1.53. The summed E-state index contributed by atoms with van der Waals surface area (Å²) < 4.78 is 26.8. The highest BCUT2D eigenvalue weighted by atomic mass is 16.5. The lowest BCUT2D eigenvalue weighted by Gasteiger charge is -2.18. The third-order valence-electron chi connectivity index (χ3n) is 3.40. The number of fused-ring (bicyclic) bond motifs is 1. The van der Waals surface area contributed by atoms with Crippen LogP contribution in [-0.2, 0) is 11.3 Å². The van der Waals surface area contributed by atoms with Crippen molar-refractivity contribution in [3.8, 4) is 28.6 Å². The molecule has 0 N–H and O–H groups in total. The first-order chi connectivity index (χ1) is 10.2. The van der Waals surface area contributed by atoms with E-state index >= 15 is 0 Å². The second-order valence-electron chi connectivity index (χ2n) is 4.38. The molecule has 0 radical (unpaired) electrons. The highest BCUT2D eigenvalue weighted by Crippen LogP contribution is 2.51. The Morgan fingerprint density at radius 1 is 1.00 bits per heavy atom. The van der Waals surface area contributed by atoms with Gasteiger partial charge in [-0.3, -0.25) is 0 Å². The highest BCUT2D eigenvalue weighted by molar-refractivity contribution is 6.04. The van der Waals surface area contributed by atoms with Gasteiger partial charge in [0.05, 0.1) is 44.3 Å². The number of hydrogen-bond donors (Lipinski definition) is 0. The van der Waals surface area contributed by atoms with Crippen molar-refractivity contribution in [2.24, 2.45) is 0 Å². The molecule has 0 atom stereocenters. The lowest BCUT2D eigenvalue weighted by atomic mass is 9.98. The highest BCUT2D eigenvalue weighted by Gasteiger charge is 2.36. The van der Waals surface area contributed by atoms with E-state index in [1.54, 1.807) is 12.1 Å². The molecular weight excluding hydrogens is 276 g/mol. The molecule has 0 spiro atoms. The van der Waals surface area contributed by atoms with Crippen LogP contribution in [0.2, 0.25) is 0 Å². The minimum absolute atomic E-state index is 0.130. The van der Waals surface area contributed by atoms with Crippen LogP contribution in [-0.4, -0.2) is 27.3 Å². The SMILES string of the molecule is COc1c2c(c(-c3ccco3)c(OC)c1OC)C(=O)OC2. The monoisotopic (exact) mass is 290 g/mol. The van der Waals surface area contributed by atoms with Gasteiger partial charge in [-0.05, 0) is 12.1 Å². The Kier molecular flexibility index (Phi) is 3.21. The van der Waals surface area contributed by atoms with Crippen molar-refractivity contribution >= 4 is 5.97 Å². The number of benzene rings is 1. The summed E-state index contributed by atoms with van der Waals surface area (Å²) in [6.45, 7) is 0.130. The molecule has 0 amide bonds. The molecule has 2 aromatic rings. The van der Waals surface area contributed by atoms with Gasteiger partial charge in [0.2, 0.25) is 5.75 Å². The van der Waals surface area contributed by atoms with E-state index in [2.05, 4.69) is 0 Å². The normalized spacial score (nSPS) is 12.8. The van der Waals surface area contributed by atoms with Crippen LogP contribution in [0.1, 0.15) is 15.9 Å². The van der Waals surface area contributed by atoms with E-state index in [1.807, 2.05) is 0 Å². The van der Waals surface area contributed by atoms with Crippen LogP contribution in [0.4, 0.5) is 0 Å². The van der Waals surface area contributed by atoms with E-state index in [4.69, 9.17) is 23.4 Å². The fourth-order valence-electron chi connectivity index (χ4n) is 2.56. The molecule has 2 heterocycles. The van der Waals surface area contributed by atoms with Gasteiger partial charge in [-0.2, -0.15) is 0 Å². The smallest absolute Gasteiger partial charge is 0.339 e. The summed E-state index contributed by atoms with van der Waals surface area (Å²) in [6.07, 6.45) is 1.53. The molecule has 6 heteroatoms. The average molecular weight is 290 g/mol. The number of furan rings is 1. The van der Waals surface area contributed by atoms with Crippen molar-refractivity contribution < 1.29 is 28.2 Å². The Balaban J connectivity index is 2.42. The molecule has 21 heavy (non-hydrogen) atoms. The minimum atomic E-state index is -0.435. The standard InChI is InChI=1S/C15H14O6/c1-17-12-8-7-21-15(16)10(8)11(9-5-4-6-20-9)13(18-2)14(12)19-3/h4-6H,7H2,1-3H3. The molecule has 1 aromatic carbocycles. The Hall–Kier alpha value is -2.63. The Bertz CT molecular complexity index is 687. The van der Waals surface area contributed by atoms with Gasteiger partial charge in [-0.15, -0.1) is 0 Å². The zero-order chi connectivity index (χ0) is 15.0. The summed E-state index contributed by atoms with van der Waals surface area (Å²) in [4.78, 5) is 12.1. The predicted molar refractivity (Wildman–Crippen MR) is 72.9 cm³/mol. The zero-order valence-electron chi connectivity index (χ0n) is 11.9. The lowest BCUT2D eigenvalue weighted by molar-refractivity contribution is 0.0534. The van der Waals surface area contributed by atoms with Crippen LogP contribution in [0.25, 0.3) is 11.3 Å². The number of ether oxygens (including phenoxy) is 4. The Labute approximate surface area is 121 Å². The third-order valence-corrected chi connectivity index (χ3v) is 3.40. The van der Waals surface area contributed by atoms with Gasteiger partial charge in [0.15, 0.2) is 11.5 Å². The fourth-order valence-corrected chi connectivity index (χ4v) is 2.56. The number of hydrogen-bond acceptors (Lipinski definition) is 6. The van der Waals surface area contributed by atoms with Gasteiger partial charge < -0.3 is 23.4 Å². The largest absolute Gasteiger partial charge is 0.492 e. The quantitative estimate of drug-likeness (QED) is 0.806. The van der Waals surface area contributed by atoms with Gasteiger partial charge in [-0.1, -0.05) is 0 Å². The van der Waals surface area contributed by atoms with Crippen LogP contribution < -0.4 is 14.2 Å². The van der Waals surface area contributed by atoms with Crippen molar-refractivity contribution in [1.82, 2.24) is 0 Å². The number of carbonyl (C=O) groups excluding carboxylic acids is 1. The first-order valence-corrected chi connectivity index (χ1v) is 6.28. The van der Waals surface area contributed by atoms with Crippen molar-refractivity contribution in [3.05, 3.63) is 29.5 Å². The molecular formula is C15H14O6. The van der Waals surface area contributed by atoms with E-state index < -0.39 is 5.97 Å². The maximum absolute atomic E-state index is 12.1. The molecule has 0 saturated carbocycles. The van der Waals surface area contributed by atoms with Crippen LogP contribution in [0.15, 0.2) is 22.8 Å².